The number of halogens is 1. The van der Waals surface area contributed by atoms with Gasteiger partial charge in [0.2, 0.25) is 0 Å². The van der Waals surface area contributed by atoms with E-state index in [-0.39, 0.29) is 0 Å². The highest BCUT2D eigenvalue weighted by Gasteiger charge is 2.15. The largest absolute Gasteiger partial charge is 0.423 e. The Hall–Kier alpha value is -2.89. The van der Waals surface area contributed by atoms with Crippen LogP contribution < -0.4 is 9.68 Å². The zero-order chi connectivity index (χ0) is 18.1. The molecule has 4 nitrogen and oxygen atoms in total. The molecule has 0 aliphatic rings. The normalized spacial score (nSPS) is 10.8. The van der Waals surface area contributed by atoms with Crippen molar-refractivity contribution in [1.82, 2.24) is 0 Å². The second-order valence-corrected chi connectivity index (χ2v) is 6.93. The first-order valence-electron chi connectivity index (χ1n) is 7.71. The molecule has 4 rings (SSSR count). The Balaban J connectivity index is 1.79. The summed E-state index contributed by atoms with van der Waals surface area (Å²) in [4.78, 5) is 23.7. The summed E-state index contributed by atoms with van der Waals surface area (Å²) in [6.45, 7) is 0. The molecule has 1 aromatic heterocycles. The van der Waals surface area contributed by atoms with Crippen molar-refractivity contribution < 1.29 is 13.9 Å². The molecule has 0 atom stereocenters. The predicted octanol–water partition coefficient (Wildman–Crippen LogP) is 5.39. The van der Waals surface area contributed by atoms with Gasteiger partial charge in [-0.15, -0.1) is 0 Å². The third-order valence-electron chi connectivity index (χ3n) is 3.76. The Morgan fingerprint density at radius 3 is 2.58 bits per heavy atom. The van der Waals surface area contributed by atoms with E-state index in [1.165, 1.54) is 6.07 Å². The van der Waals surface area contributed by atoms with E-state index in [0.29, 0.717) is 32.2 Å². The number of benzene rings is 3. The summed E-state index contributed by atoms with van der Waals surface area (Å²) in [5.41, 5.74) is 2.38. The molecule has 0 aliphatic carbocycles. The number of esters is 1. The lowest BCUT2D eigenvalue weighted by atomic mass is 10.0. The maximum atomic E-state index is 12.4. The number of rotatable bonds is 3. The number of fused-ring (bicyclic) bond motifs is 1. The first-order chi connectivity index (χ1) is 12.6. The van der Waals surface area contributed by atoms with Crippen molar-refractivity contribution in [2.45, 2.75) is 0 Å². The van der Waals surface area contributed by atoms with Crippen molar-refractivity contribution >= 4 is 39.2 Å². The Bertz CT molecular complexity index is 1160. The summed E-state index contributed by atoms with van der Waals surface area (Å²) < 4.78 is 11.4. The highest BCUT2D eigenvalue weighted by Crippen LogP contribution is 2.34. The quantitative estimate of drug-likeness (QED) is 0.352. The lowest BCUT2D eigenvalue weighted by Crippen LogP contribution is -2.08. The van der Waals surface area contributed by atoms with Crippen molar-refractivity contribution in [1.29, 1.82) is 0 Å². The average Bonchev–Trinajstić information content (AvgIpc) is 3.02. The molecule has 0 radical (unpaired) electrons. The van der Waals surface area contributed by atoms with Gasteiger partial charge < -0.3 is 9.15 Å². The molecule has 0 aliphatic heterocycles. The lowest BCUT2D eigenvalue weighted by molar-refractivity contribution is 0.0735. The molecular formula is C20H11ClO4S. The van der Waals surface area contributed by atoms with Crippen LogP contribution in [-0.2, 0) is 0 Å². The summed E-state index contributed by atoms with van der Waals surface area (Å²) in [6.07, 6.45) is 0. The van der Waals surface area contributed by atoms with Gasteiger partial charge in [0, 0.05) is 16.7 Å². The minimum absolute atomic E-state index is 0.332. The highest BCUT2D eigenvalue weighted by atomic mass is 35.5. The van der Waals surface area contributed by atoms with E-state index in [9.17, 15) is 9.59 Å². The van der Waals surface area contributed by atoms with Gasteiger partial charge in [0.05, 0.1) is 10.3 Å². The number of carbonyl (C=O) groups excluding carboxylic acids is 1. The molecule has 0 amide bonds. The number of ether oxygens (including phenoxy) is 1. The summed E-state index contributed by atoms with van der Waals surface area (Å²) in [7, 11) is 0. The minimum atomic E-state index is -0.526. The van der Waals surface area contributed by atoms with Gasteiger partial charge >= 0.3 is 10.9 Å². The zero-order valence-electron chi connectivity index (χ0n) is 13.3. The van der Waals surface area contributed by atoms with E-state index < -0.39 is 10.9 Å². The molecular weight excluding hydrogens is 372 g/mol. The van der Waals surface area contributed by atoms with Crippen LogP contribution in [0.1, 0.15) is 10.4 Å². The van der Waals surface area contributed by atoms with Gasteiger partial charge in [0.15, 0.2) is 5.58 Å². The summed E-state index contributed by atoms with van der Waals surface area (Å²) >= 11 is 6.89. The van der Waals surface area contributed by atoms with Crippen LogP contribution in [0.5, 0.6) is 5.75 Å². The van der Waals surface area contributed by atoms with E-state index >= 15 is 0 Å². The van der Waals surface area contributed by atoms with Crippen molar-refractivity contribution in [2.24, 2.45) is 0 Å². The summed E-state index contributed by atoms with van der Waals surface area (Å²) in [6, 6.07) is 19.3. The number of hydrogen-bond acceptors (Lipinski definition) is 5. The van der Waals surface area contributed by atoms with Gasteiger partial charge in [0.1, 0.15) is 5.75 Å². The van der Waals surface area contributed by atoms with Gasteiger partial charge in [-0.05, 0) is 29.8 Å². The molecule has 0 N–H and O–H groups in total. The van der Waals surface area contributed by atoms with Gasteiger partial charge in [0.25, 0.3) is 0 Å². The fourth-order valence-corrected chi connectivity index (χ4v) is 3.54. The second-order valence-electron chi connectivity index (χ2n) is 5.52. The topological polar surface area (TPSA) is 56.5 Å². The molecule has 26 heavy (non-hydrogen) atoms. The molecule has 1 heterocycles. The SMILES string of the molecule is O=C(Oc1cc(-c2ccccc2)c2oc(=O)sc2c1)c1cccc(Cl)c1. The van der Waals surface area contributed by atoms with Gasteiger partial charge in [-0.25, -0.2) is 9.59 Å². The minimum Gasteiger partial charge on any atom is -0.423 e. The Morgan fingerprint density at radius 1 is 1.00 bits per heavy atom. The maximum absolute atomic E-state index is 12.4. The molecule has 0 fully saturated rings. The predicted molar refractivity (Wildman–Crippen MR) is 102 cm³/mol. The standard InChI is InChI=1S/C20H11ClO4S/c21-14-8-4-7-13(9-14)19(22)24-15-10-16(12-5-2-1-3-6-12)18-17(11-15)26-20(23)25-18/h1-11H. The van der Waals surface area contributed by atoms with E-state index in [1.54, 1.807) is 30.3 Å². The van der Waals surface area contributed by atoms with Gasteiger partial charge in [-0.3, -0.25) is 0 Å². The molecule has 3 aromatic carbocycles. The first kappa shape index (κ1) is 16.6. The van der Waals surface area contributed by atoms with Crippen LogP contribution in [0.2, 0.25) is 5.02 Å². The maximum Gasteiger partial charge on any atom is 0.396 e. The van der Waals surface area contributed by atoms with Crippen molar-refractivity contribution in [3.63, 3.8) is 0 Å². The first-order valence-corrected chi connectivity index (χ1v) is 8.90. The molecule has 0 unspecified atom stereocenters. The fourth-order valence-electron chi connectivity index (χ4n) is 2.62. The van der Waals surface area contributed by atoms with Crippen LogP contribution in [0.4, 0.5) is 0 Å². The fraction of sp³-hybridized carbons (Fsp3) is 0. The van der Waals surface area contributed by atoms with E-state index in [1.807, 2.05) is 30.3 Å². The molecule has 128 valence electrons. The second kappa shape index (κ2) is 6.78. The average molecular weight is 383 g/mol. The molecule has 0 saturated carbocycles. The third-order valence-corrected chi connectivity index (χ3v) is 4.77. The number of hydrogen-bond donors (Lipinski definition) is 0. The van der Waals surface area contributed by atoms with Crippen LogP contribution in [0.3, 0.4) is 0 Å². The van der Waals surface area contributed by atoms with Crippen molar-refractivity contribution in [3.8, 4) is 16.9 Å². The molecule has 0 bridgehead atoms. The summed E-state index contributed by atoms with van der Waals surface area (Å²) in [5.74, 6) is -0.194. The highest BCUT2D eigenvalue weighted by molar-refractivity contribution is 7.16. The Morgan fingerprint density at radius 2 is 1.81 bits per heavy atom. The Labute approximate surface area is 157 Å². The van der Waals surface area contributed by atoms with Crippen molar-refractivity contribution in [2.75, 3.05) is 0 Å². The monoisotopic (exact) mass is 382 g/mol. The van der Waals surface area contributed by atoms with Crippen LogP contribution in [0, 0.1) is 0 Å². The molecule has 0 saturated heterocycles. The van der Waals surface area contributed by atoms with Gasteiger partial charge in [-0.1, -0.05) is 59.3 Å². The summed E-state index contributed by atoms with van der Waals surface area (Å²) in [5, 5.41) is 0.452. The van der Waals surface area contributed by atoms with Crippen LogP contribution in [0.25, 0.3) is 21.4 Å². The van der Waals surface area contributed by atoms with Crippen LogP contribution in [0.15, 0.2) is 75.9 Å². The van der Waals surface area contributed by atoms with Crippen molar-refractivity contribution in [3.05, 3.63) is 87.0 Å². The lowest BCUT2D eigenvalue weighted by Gasteiger charge is -2.08. The zero-order valence-corrected chi connectivity index (χ0v) is 14.8. The smallest absolute Gasteiger partial charge is 0.396 e. The van der Waals surface area contributed by atoms with Gasteiger partial charge in [-0.2, -0.15) is 0 Å². The Kier molecular flexibility index (Phi) is 4.32. The third kappa shape index (κ3) is 3.27. The van der Waals surface area contributed by atoms with Crippen LogP contribution >= 0.6 is 22.9 Å². The van der Waals surface area contributed by atoms with E-state index in [4.69, 9.17) is 20.8 Å². The molecule has 0 spiro atoms. The molecule has 4 aromatic rings. The van der Waals surface area contributed by atoms with E-state index in [2.05, 4.69) is 0 Å². The van der Waals surface area contributed by atoms with E-state index in [0.717, 1.165) is 16.9 Å². The molecule has 6 heteroatoms. The number of carbonyl (C=O) groups is 1. The van der Waals surface area contributed by atoms with Crippen LogP contribution in [-0.4, -0.2) is 5.97 Å².